The highest BCUT2D eigenvalue weighted by Gasteiger charge is 2.41. The molecule has 2 saturated heterocycles. The lowest BCUT2D eigenvalue weighted by molar-refractivity contribution is -0.159. The summed E-state index contributed by atoms with van der Waals surface area (Å²) in [6, 6.07) is 5.40. The minimum absolute atomic E-state index is 0.0212. The highest BCUT2D eigenvalue weighted by atomic mass is 16.5. The van der Waals surface area contributed by atoms with Crippen molar-refractivity contribution in [1.82, 2.24) is 31.0 Å². The van der Waals surface area contributed by atoms with Crippen LogP contribution in [0.2, 0.25) is 0 Å². The van der Waals surface area contributed by atoms with Crippen LogP contribution < -0.4 is 22.4 Å². The van der Waals surface area contributed by atoms with Crippen LogP contribution in [-0.4, -0.2) is 98.2 Å². The van der Waals surface area contributed by atoms with Crippen LogP contribution in [0.3, 0.4) is 0 Å². The number of hydrogen-bond acceptors (Lipinski definition) is 13. The Kier molecular flexibility index (Phi) is 19.9. The van der Waals surface area contributed by atoms with Crippen molar-refractivity contribution >= 4 is 29.6 Å². The Morgan fingerprint density at radius 2 is 1.31 bits per heavy atom. The van der Waals surface area contributed by atoms with E-state index >= 15 is 0 Å². The predicted octanol–water partition coefficient (Wildman–Crippen LogP) is 2.95. The van der Waals surface area contributed by atoms with Crippen LogP contribution in [0, 0.1) is 48.9 Å². The van der Waals surface area contributed by atoms with Crippen molar-refractivity contribution in [2.24, 2.45) is 40.3 Å². The summed E-state index contributed by atoms with van der Waals surface area (Å²) in [4.78, 5) is 47.8. The summed E-state index contributed by atoms with van der Waals surface area (Å²) < 4.78 is 10.7. The maximum atomic E-state index is 13.2. The Hall–Kier alpha value is -5.02. The number of nitrogens with zero attached hydrogens (tertiary/aromatic N) is 6. The van der Waals surface area contributed by atoms with E-state index in [1.54, 1.807) is 4.90 Å². The molecule has 0 radical (unpaired) electrons. The number of hydrazine groups is 1. The third-order valence-corrected chi connectivity index (χ3v) is 8.60. The largest absolute Gasteiger partial charge is 0.473 e. The van der Waals surface area contributed by atoms with Crippen molar-refractivity contribution in [3.63, 3.8) is 0 Å². The van der Waals surface area contributed by atoms with E-state index in [9.17, 15) is 14.9 Å². The second kappa shape index (κ2) is 22.9. The second-order valence-corrected chi connectivity index (χ2v) is 14.2. The van der Waals surface area contributed by atoms with Crippen molar-refractivity contribution in [3.8, 4) is 6.07 Å². The van der Waals surface area contributed by atoms with E-state index < -0.39 is 11.9 Å². The number of nitrogens with one attached hydrogen (secondary N) is 2. The van der Waals surface area contributed by atoms with Crippen LogP contribution in [-0.2, 0) is 19.2 Å². The number of carboxylic acid groups (broad SMARTS) is 2. The lowest BCUT2D eigenvalue weighted by atomic mass is 9.91. The molecule has 18 heteroatoms. The molecule has 0 saturated carbocycles. The molecule has 1 unspecified atom stereocenters. The van der Waals surface area contributed by atoms with Crippen molar-refractivity contribution in [3.05, 3.63) is 35.0 Å². The number of carbonyl (C=O) groups is 4. The number of aromatic nitrogens is 2. The van der Waals surface area contributed by atoms with Crippen LogP contribution in [0.5, 0.6) is 0 Å². The predicted molar refractivity (Wildman–Crippen MR) is 200 cm³/mol. The number of hydrogen-bond donors (Lipinski definition) is 6. The molecule has 2 amide bonds. The van der Waals surface area contributed by atoms with Gasteiger partial charge in [-0.3, -0.25) is 20.9 Å². The molecule has 0 aromatic carbocycles. The molecule has 2 aliphatic rings. The first kappa shape index (κ1) is 47.0. The van der Waals surface area contributed by atoms with Crippen LogP contribution >= 0.6 is 0 Å². The minimum atomic E-state index is -1.82. The normalized spacial score (nSPS) is 20.4. The van der Waals surface area contributed by atoms with Gasteiger partial charge in [-0.25, -0.2) is 9.59 Å². The molecule has 2 aromatic heterocycles. The SMILES string of the molecule is CCNN.CCNN=C(N)[C@@H]1C[C@@H](C)CN1C(=O)[C@@H](c1cc(C)no1)C(C)C.Cc1cc(C(C(=O)N2C[C@H](C)C[C@H]2C#N)C(C)C)on1.O=C(O)C(=O)O. The molecule has 8 N–H and O–H groups in total. The van der Waals surface area contributed by atoms with Crippen molar-refractivity contribution in [2.75, 3.05) is 26.2 Å². The van der Waals surface area contributed by atoms with E-state index in [1.165, 1.54) is 0 Å². The number of nitrogens with two attached hydrogens (primary N) is 2. The molecule has 2 aliphatic heterocycles. The van der Waals surface area contributed by atoms with Gasteiger partial charge in [0.25, 0.3) is 0 Å². The third kappa shape index (κ3) is 14.1. The second-order valence-electron chi connectivity index (χ2n) is 14.2. The number of nitriles is 1. The number of carbonyl (C=O) groups excluding carboxylic acids is 2. The molecule has 0 bridgehead atoms. The topological polar surface area (TPSA) is 280 Å². The van der Waals surface area contributed by atoms with Crippen LogP contribution in [0.1, 0.15) is 103 Å². The maximum absolute atomic E-state index is 13.2. The zero-order valence-corrected chi connectivity index (χ0v) is 33.2. The van der Waals surface area contributed by atoms with Crippen molar-refractivity contribution in [1.29, 1.82) is 5.26 Å². The molecule has 0 aliphatic carbocycles. The fraction of sp³-hybridized carbons (Fsp3) is 0.667. The lowest BCUT2D eigenvalue weighted by Gasteiger charge is -2.29. The lowest BCUT2D eigenvalue weighted by Crippen LogP contribution is -2.47. The number of rotatable bonds is 10. The highest BCUT2D eigenvalue weighted by Crippen LogP contribution is 2.33. The number of aliphatic carboxylic acids is 2. The molecule has 4 rings (SSSR count). The van der Waals surface area contributed by atoms with Gasteiger partial charge in [0.15, 0.2) is 0 Å². The molecule has 2 fully saturated rings. The van der Waals surface area contributed by atoms with E-state index in [-0.39, 0.29) is 47.6 Å². The standard InChI is InChI=1S/C17H29N5O2.C15H21N3O2.C2H8N2.C2H2O4/c1-6-19-20-16(18)13-7-11(4)9-22(13)17(23)15(10(2)3)14-8-12(5)21-24-14;1-9(2)14(13-6-11(4)17-20-13)15(19)18-8-10(3)5-12(18)7-16;1-2-4-3;3-1(4)2(5)6/h8,10-11,13,15,19H,6-7,9H2,1-5H3,(H2,18,20);6,9-10,12,14H,5,8H2,1-4H3;4H,2-3H2,1H3;(H,3,4)(H,5,6)/t11-,13+,15-;10-,12+,14?;;/m11../s1. The van der Waals surface area contributed by atoms with Gasteiger partial charge in [-0.1, -0.05) is 58.8 Å². The first-order valence-electron chi connectivity index (χ1n) is 18.2. The fourth-order valence-corrected chi connectivity index (χ4v) is 6.11. The smallest absolute Gasteiger partial charge is 0.414 e. The fourth-order valence-electron chi connectivity index (χ4n) is 6.11. The maximum Gasteiger partial charge on any atom is 0.414 e. The Morgan fingerprint density at radius 1 is 0.889 bits per heavy atom. The van der Waals surface area contributed by atoms with Gasteiger partial charge in [-0.15, -0.1) is 0 Å². The van der Waals surface area contributed by atoms with E-state index in [1.807, 2.05) is 72.4 Å². The van der Waals surface area contributed by atoms with Gasteiger partial charge in [-0.05, 0) is 57.3 Å². The Bertz CT molecular complexity index is 1550. The average Bonchev–Trinajstić information content (AvgIpc) is 3.91. The van der Waals surface area contributed by atoms with Gasteiger partial charge < -0.3 is 40.2 Å². The molecule has 2 aromatic rings. The summed E-state index contributed by atoms with van der Waals surface area (Å²) in [7, 11) is 0. The Balaban J connectivity index is 0.000000436. The van der Waals surface area contributed by atoms with Gasteiger partial charge in [0.1, 0.15) is 35.2 Å². The molecular formula is C36H60N10O8. The van der Waals surface area contributed by atoms with Gasteiger partial charge >= 0.3 is 11.9 Å². The minimum Gasteiger partial charge on any atom is -0.473 e. The van der Waals surface area contributed by atoms with E-state index in [2.05, 4.69) is 46.2 Å². The summed E-state index contributed by atoms with van der Waals surface area (Å²) in [6.07, 6.45) is 1.58. The first-order chi connectivity index (χ1) is 25.3. The van der Waals surface area contributed by atoms with E-state index in [0.29, 0.717) is 48.8 Å². The number of amides is 2. The number of aryl methyl sites for hydroxylation is 2. The monoisotopic (exact) mass is 760 g/mol. The molecule has 6 atom stereocenters. The van der Waals surface area contributed by atoms with Gasteiger partial charge in [0.05, 0.1) is 23.5 Å². The zero-order valence-electron chi connectivity index (χ0n) is 33.2. The summed E-state index contributed by atoms with van der Waals surface area (Å²) in [5.41, 5.74) is 13.0. The third-order valence-electron chi connectivity index (χ3n) is 8.60. The van der Waals surface area contributed by atoms with Gasteiger partial charge in [0, 0.05) is 38.3 Å². The number of carboxylic acids is 2. The first-order valence-corrected chi connectivity index (χ1v) is 18.2. The van der Waals surface area contributed by atoms with E-state index in [0.717, 1.165) is 30.8 Å². The van der Waals surface area contributed by atoms with Gasteiger partial charge in [0.2, 0.25) is 11.8 Å². The number of amidine groups is 1. The van der Waals surface area contributed by atoms with Crippen molar-refractivity contribution in [2.45, 2.75) is 106 Å². The summed E-state index contributed by atoms with van der Waals surface area (Å²) in [5, 5.41) is 36.0. The van der Waals surface area contributed by atoms with Crippen LogP contribution in [0.15, 0.2) is 26.3 Å². The summed E-state index contributed by atoms with van der Waals surface area (Å²) in [5.74, 6) is 3.06. The summed E-state index contributed by atoms with van der Waals surface area (Å²) in [6.45, 7) is 22.7. The summed E-state index contributed by atoms with van der Waals surface area (Å²) >= 11 is 0. The molecule has 302 valence electrons. The van der Waals surface area contributed by atoms with Gasteiger partial charge in [-0.2, -0.15) is 10.4 Å². The molecule has 4 heterocycles. The van der Waals surface area contributed by atoms with E-state index in [4.69, 9.17) is 40.4 Å². The quantitative estimate of drug-likeness (QED) is 0.0668. The Labute approximate surface area is 317 Å². The number of hydrazone groups is 1. The molecule has 18 nitrogen and oxygen atoms in total. The molecular weight excluding hydrogens is 700 g/mol. The molecule has 54 heavy (non-hydrogen) atoms. The highest BCUT2D eigenvalue weighted by molar-refractivity contribution is 6.27. The average molecular weight is 761 g/mol. The number of likely N-dealkylation sites (tertiary alicyclic amines) is 2. The van der Waals surface area contributed by atoms with Crippen LogP contribution in [0.25, 0.3) is 0 Å². The Morgan fingerprint density at radius 3 is 1.67 bits per heavy atom. The molecule has 0 spiro atoms. The van der Waals surface area contributed by atoms with Crippen LogP contribution in [0.4, 0.5) is 0 Å². The van der Waals surface area contributed by atoms with Crippen molar-refractivity contribution < 1.29 is 38.4 Å². The zero-order chi connectivity index (χ0) is 41.3.